The van der Waals surface area contributed by atoms with Crippen molar-refractivity contribution in [1.82, 2.24) is 0 Å². The second-order valence-corrected chi connectivity index (χ2v) is 4.94. The van der Waals surface area contributed by atoms with Crippen LogP contribution in [0.15, 0.2) is 36.4 Å². The first-order valence-corrected chi connectivity index (χ1v) is 6.48. The van der Waals surface area contributed by atoms with Gasteiger partial charge in [-0.2, -0.15) is 0 Å². The molecule has 0 bridgehead atoms. The Morgan fingerprint density at radius 3 is 2.57 bits per heavy atom. The zero-order valence-electron chi connectivity index (χ0n) is 11.1. The molecule has 1 unspecified atom stereocenters. The Labute approximate surface area is 125 Å². The molecule has 2 rings (SSSR count). The van der Waals surface area contributed by atoms with Crippen molar-refractivity contribution < 1.29 is 15.1 Å². The van der Waals surface area contributed by atoms with Crippen LogP contribution >= 0.6 is 11.6 Å². The summed E-state index contributed by atoms with van der Waals surface area (Å²) in [5.41, 5.74) is 0.875. The number of phenolic OH excluding ortho intramolecular Hbond substituents is 2. The molecular weight excluding hydrogens is 296 g/mol. The van der Waals surface area contributed by atoms with Gasteiger partial charge in [0.05, 0.1) is 11.0 Å². The fraction of sp³-hybridized carbons (Fsp3) is 0.143. The molecule has 21 heavy (non-hydrogen) atoms. The van der Waals surface area contributed by atoms with Crippen LogP contribution in [0.2, 0.25) is 5.02 Å². The number of nitrogens with one attached hydrogen (secondary N) is 1. The lowest BCUT2D eigenvalue weighted by molar-refractivity contribution is -0.384. The third-order valence-corrected chi connectivity index (χ3v) is 3.33. The van der Waals surface area contributed by atoms with E-state index >= 15 is 0 Å². The SMILES string of the molecule is CC(Nc1ccc(Cl)c([N+](=O)[O-])c1)c1ccc(O)cc1O. The quantitative estimate of drug-likeness (QED) is 0.589. The van der Waals surface area contributed by atoms with Crippen LogP contribution in [0.1, 0.15) is 18.5 Å². The Morgan fingerprint density at radius 1 is 1.24 bits per heavy atom. The third-order valence-electron chi connectivity index (χ3n) is 3.01. The van der Waals surface area contributed by atoms with Crippen LogP contribution in [0.3, 0.4) is 0 Å². The molecule has 0 radical (unpaired) electrons. The molecule has 0 aromatic heterocycles. The lowest BCUT2D eigenvalue weighted by atomic mass is 10.1. The normalized spacial score (nSPS) is 11.9. The van der Waals surface area contributed by atoms with Crippen molar-refractivity contribution in [2.75, 3.05) is 5.32 Å². The fourth-order valence-corrected chi connectivity index (χ4v) is 2.15. The Bertz CT molecular complexity index is 691. The largest absolute Gasteiger partial charge is 0.508 e. The summed E-state index contributed by atoms with van der Waals surface area (Å²) in [5.74, 6) is -0.0935. The van der Waals surface area contributed by atoms with Gasteiger partial charge in [0, 0.05) is 23.4 Å². The predicted octanol–water partition coefficient (Wildman–Crippen LogP) is 3.83. The molecule has 0 saturated heterocycles. The van der Waals surface area contributed by atoms with Gasteiger partial charge < -0.3 is 15.5 Å². The average molecular weight is 309 g/mol. The van der Waals surface area contributed by atoms with E-state index < -0.39 is 4.92 Å². The molecular formula is C14H13ClN2O4. The maximum Gasteiger partial charge on any atom is 0.289 e. The van der Waals surface area contributed by atoms with Gasteiger partial charge in [0.1, 0.15) is 16.5 Å². The number of anilines is 1. The molecule has 6 nitrogen and oxygen atoms in total. The van der Waals surface area contributed by atoms with Crippen LogP contribution in [0.25, 0.3) is 0 Å². The summed E-state index contributed by atoms with van der Waals surface area (Å²) in [6.07, 6.45) is 0. The third kappa shape index (κ3) is 3.35. The molecule has 0 spiro atoms. The van der Waals surface area contributed by atoms with E-state index in [-0.39, 0.29) is 28.3 Å². The number of nitro benzene ring substituents is 1. The molecule has 1 atom stereocenters. The minimum absolute atomic E-state index is 0.0365. The molecule has 0 aliphatic heterocycles. The van der Waals surface area contributed by atoms with Crippen LogP contribution in [-0.4, -0.2) is 15.1 Å². The molecule has 0 aliphatic carbocycles. The van der Waals surface area contributed by atoms with Gasteiger partial charge in [-0.15, -0.1) is 0 Å². The minimum atomic E-state index is -0.559. The van der Waals surface area contributed by atoms with Crippen LogP contribution in [-0.2, 0) is 0 Å². The fourth-order valence-electron chi connectivity index (χ4n) is 1.97. The van der Waals surface area contributed by atoms with E-state index in [4.69, 9.17) is 11.6 Å². The number of halogens is 1. The zero-order chi connectivity index (χ0) is 15.6. The van der Waals surface area contributed by atoms with E-state index in [2.05, 4.69) is 5.32 Å². The van der Waals surface area contributed by atoms with Gasteiger partial charge in [-0.25, -0.2) is 0 Å². The number of aromatic hydroxyl groups is 2. The molecule has 110 valence electrons. The summed E-state index contributed by atoms with van der Waals surface area (Å²) < 4.78 is 0. The Hall–Kier alpha value is -2.47. The minimum Gasteiger partial charge on any atom is -0.508 e. The molecule has 0 amide bonds. The van der Waals surface area contributed by atoms with E-state index in [0.717, 1.165) is 0 Å². The number of hydrogen-bond donors (Lipinski definition) is 3. The Morgan fingerprint density at radius 2 is 1.95 bits per heavy atom. The highest BCUT2D eigenvalue weighted by Crippen LogP contribution is 2.32. The molecule has 0 aliphatic rings. The van der Waals surface area contributed by atoms with Crippen molar-refractivity contribution in [2.45, 2.75) is 13.0 Å². The van der Waals surface area contributed by atoms with Gasteiger partial charge >= 0.3 is 0 Å². The maximum atomic E-state index is 10.8. The van der Waals surface area contributed by atoms with E-state index in [9.17, 15) is 20.3 Å². The predicted molar refractivity (Wildman–Crippen MR) is 79.9 cm³/mol. The van der Waals surface area contributed by atoms with Crippen molar-refractivity contribution in [3.63, 3.8) is 0 Å². The van der Waals surface area contributed by atoms with Crippen molar-refractivity contribution in [2.24, 2.45) is 0 Å². The van der Waals surface area contributed by atoms with Gasteiger partial charge in [-0.1, -0.05) is 11.6 Å². The molecule has 0 heterocycles. The van der Waals surface area contributed by atoms with Gasteiger partial charge in [0.15, 0.2) is 0 Å². The molecule has 0 fully saturated rings. The zero-order valence-corrected chi connectivity index (χ0v) is 11.8. The van der Waals surface area contributed by atoms with Crippen molar-refractivity contribution in [1.29, 1.82) is 0 Å². The Balaban J connectivity index is 2.25. The summed E-state index contributed by atoms with van der Waals surface area (Å²) in [6.45, 7) is 1.78. The van der Waals surface area contributed by atoms with Gasteiger partial charge in [0.2, 0.25) is 0 Å². The summed E-state index contributed by atoms with van der Waals surface area (Å²) in [7, 11) is 0. The van der Waals surface area contributed by atoms with Gasteiger partial charge in [-0.3, -0.25) is 10.1 Å². The van der Waals surface area contributed by atoms with Crippen molar-refractivity contribution >= 4 is 23.0 Å². The average Bonchev–Trinajstić information content (AvgIpc) is 2.40. The van der Waals surface area contributed by atoms with Crippen LogP contribution in [0, 0.1) is 10.1 Å². The van der Waals surface area contributed by atoms with E-state index in [1.165, 1.54) is 24.3 Å². The number of nitrogens with zero attached hydrogens (tertiary/aromatic N) is 1. The number of phenols is 2. The highest BCUT2D eigenvalue weighted by molar-refractivity contribution is 6.32. The summed E-state index contributed by atoms with van der Waals surface area (Å²) in [4.78, 5) is 10.3. The first-order valence-electron chi connectivity index (χ1n) is 6.11. The molecule has 3 N–H and O–H groups in total. The van der Waals surface area contributed by atoms with Crippen LogP contribution in [0.5, 0.6) is 11.5 Å². The first kappa shape index (κ1) is 14.9. The van der Waals surface area contributed by atoms with E-state index in [1.54, 1.807) is 19.1 Å². The number of nitro groups is 1. The van der Waals surface area contributed by atoms with E-state index in [1.807, 2.05) is 0 Å². The summed E-state index contributed by atoms with van der Waals surface area (Å²) in [6, 6.07) is 8.33. The van der Waals surface area contributed by atoms with Gasteiger partial charge in [-0.05, 0) is 31.2 Å². The Kier molecular flexibility index (Phi) is 4.18. The highest BCUT2D eigenvalue weighted by Gasteiger charge is 2.15. The molecule has 2 aromatic rings. The standard InChI is InChI=1S/C14H13ClN2O4/c1-8(11-4-3-10(18)7-14(11)19)16-9-2-5-12(15)13(6-9)17(20)21/h2-8,16,18-19H,1H3. The number of benzene rings is 2. The van der Waals surface area contributed by atoms with E-state index in [0.29, 0.717) is 11.3 Å². The molecule has 7 heteroatoms. The number of hydrogen-bond acceptors (Lipinski definition) is 5. The maximum absolute atomic E-state index is 10.8. The van der Waals surface area contributed by atoms with Gasteiger partial charge in [0.25, 0.3) is 5.69 Å². The van der Waals surface area contributed by atoms with Crippen molar-refractivity contribution in [3.05, 3.63) is 57.1 Å². The second-order valence-electron chi connectivity index (χ2n) is 4.53. The lowest BCUT2D eigenvalue weighted by Crippen LogP contribution is -2.07. The van der Waals surface area contributed by atoms with Crippen LogP contribution in [0.4, 0.5) is 11.4 Å². The van der Waals surface area contributed by atoms with Crippen molar-refractivity contribution in [3.8, 4) is 11.5 Å². The second kappa shape index (κ2) is 5.88. The smallest absolute Gasteiger partial charge is 0.289 e. The summed E-state index contributed by atoms with van der Waals surface area (Å²) >= 11 is 5.75. The number of rotatable bonds is 4. The molecule has 0 saturated carbocycles. The van der Waals surface area contributed by atoms with Crippen LogP contribution < -0.4 is 5.32 Å². The lowest BCUT2D eigenvalue weighted by Gasteiger charge is -2.17. The molecule has 2 aromatic carbocycles. The topological polar surface area (TPSA) is 95.6 Å². The highest BCUT2D eigenvalue weighted by atomic mass is 35.5. The summed E-state index contributed by atoms with van der Waals surface area (Å²) in [5, 5.41) is 33.0. The monoisotopic (exact) mass is 308 g/mol. The first-order chi connectivity index (χ1) is 9.88.